The van der Waals surface area contributed by atoms with Gasteiger partial charge in [0.1, 0.15) is 6.54 Å². The largest absolute Gasteiger partial charge is 0.377 e. The van der Waals surface area contributed by atoms with Gasteiger partial charge >= 0.3 is 5.69 Å². The SMILES string of the molecule is O=C(Cn1ccc(=O)[nH]c1=O)NCCCOCc1ccccc1. The number of hydrogen-bond acceptors (Lipinski definition) is 4. The number of nitrogens with zero attached hydrogens (tertiary/aromatic N) is 1. The van der Waals surface area contributed by atoms with Crippen molar-refractivity contribution in [2.45, 2.75) is 19.6 Å². The highest BCUT2D eigenvalue weighted by Gasteiger charge is 2.04. The second-order valence-electron chi connectivity index (χ2n) is 4.98. The van der Waals surface area contributed by atoms with E-state index in [1.54, 1.807) is 0 Å². The highest BCUT2D eigenvalue weighted by molar-refractivity contribution is 5.75. The molecule has 7 heteroatoms. The second kappa shape index (κ2) is 8.70. The Balaban J connectivity index is 1.61. The van der Waals surface area contributed by atoms with Crippen LogP contribution in [0.2, 0.25) is 0 Å². The molecule has 2 N–H and O–H groups in total. The minimum atomic E-state index is -0.598. The summed E-state index contributed by atoms with van der Waals surface area (Å²) in [5.74, 6) is -0.290. The molecule has 7 nitrogen and oxygen atoms in total. The Morgan fingerprint density at radius 3 is 2.70 bits per heavy atom. The Labute approximate surface area is 132 Å². The summed E-state index contributed by atoms with van der Waals surface area (Å²) < 4.78 is 6.65. The lowest BCUT2D eigenvalue weighted by atomic mass is 10.2. The summed E-state index contributed by atoms with van der Waals surface area (Å²) in [7, 11) is 0. The van der Waals surface area contributed by atoms with Crippen LogP contribution in [0.25, 0.3) is 0 Å². The summed E-state index contributed by atoms with van der Waals surface area (Å²) in [5, 5.41) is 2.70. The lowest BCUT2D eigenvalue weighted by molar-refractivity contribution is -0.121. The summed E-state index contributed by atoms with van der Waals surface area (Å²) in [6, 6.07) is 11.0. The van der Waals surface area contributed by atoms with E-state index >= 15 is 0 Å². The maximum Gasteiger partial charge on any atom is 0.328 e. The predicted octanol–water partition coefficient (Wildman–Crippen LogP) is 0.260. The molecule has 1 aromatic heterocycles. The van der Waals surface area contributed by atoms with E-state index in [9.17, 15) is 14.4 Å². The van der Waals surface area contributed by atoms with Crippen LogP contribution in [0.3, 0.4) is 0 Å². The number of hydrogen-bond donors (Lipinski definition) is 2. The number of benzene rings is 1. The van der Waals surface area contributed by atoms with Gasteiger partial charge in [-0.2, -0.15) is 0 Å². The van der Waals surface area contributed by atoms with E-state index in [1.165, 1.54) is 12.3 Å². The quantitative estimate of drug-likeness (QED) is 0.683. The first-order valence-electron chi connectivity index (χ1n) is 7.33. The van der Waals surface area contributed by atoms with Gasteiger partial charge in [-0.25, -0.2) is 4.79 Å². The summed E-state index contributed by atoms with van der Waals surface area (Å²) in [5.41, 5.74) is 0.0232. The van der Waals surface area contributed by atoms with E-state index in [-0.39, 0.29) is 12.5 Å². The van der Waals surface area contributed by atoms with Crippen LogP contribution in [-0.4, -0.2) is 28.6 Å². The average molecular weight is 317 g/mol. The van der Waals surface area contributed by atoms with Crippen LogP contribution in [0.15, 0.2) is 52.2 Å². The van der Waals surface area contributed by atoms with Crippen LogP contribution in [0.1, 0.15) is 12.0 Å². The van der Waals surface area contributed by atoms with E-state index in [4.69, 9.17) is 4.74 Å². The molecule has 0 aliphatic heterocycles. The number of aromatic amines is 1. The molecule has 0 spiro atoms. The number of rotatable bonds is 8. The summed E-state index contributed by atoms with van der Waals surface area (Å²) >= 11 is 0. The van der Waals surface area contributed by atoms with Crippen molar-refractivity contribution in [1.82, 2.24) is 14.9 Å². The van der Waals surface area contributed by atoms with Crippen molar-refractivity contribution in [2.24, 2.45) is 0 Å². The molecule has 0 unspecified atom stereocenters. The van der Waals surface area contributed by atoms with Gasteiger partial charge in [-0.05, 0) is 12.0 Å². The fourth-order valence-electron chi connectivity index (χ4n) is 1.95. The van der Waals surface area contributed by atoms with Gasteiger partial charge in [-0.15, -0.1) is 0 Å². The lowest BCUT2D eigenvalue weighted by Crippen LogP contribution is -2.35. The molecule has 0 bridgehead atoms. The number of aromatic nitrogens is 2. The molecule has 0 fully saturated rings. The number of carbonyl (C=O) groups is 1. The molecule has 0 saturated carbocycles. The zero-order valence-corrected chi connectivity index (χ0v) is 12.7. The highest BCUT2D eigenvalue weighted by atomic mass is 16.5. The van der Waals surface area contributed by atoms with Gasteiger partial charge in [0, 0.05) is 25.4 Å². The molecule has 0 aliphatic carbocycles. The van der Waals surface area contributed by atoms with E-state index in [0.29, 0.717) is 26.2 Å². The maximum absolute atomic E-state index is 11.7. The molecule has 1 heterocycles. The van der Waals surface area contributed by atoms with Gasteiger partial charge in [0.25, 0.3) is 5.56 Å². The van der Waals surface area contributed by atoms with Gasteiger partial charge < -0.3 is 10.1 Å². The van der Waals surface area contributed by atoms with E-state index in [1.807, 2.05) is 30.3 Å². The van der Waals surface area contributed by atoms with E-state index in [0.717, 1.165) is 10.1 Å². The number of carbonyl (C=O) groups excluding carboxylic acids is 1. The third kappa shape index (κ3) is 5.91. The molecule has 0 atom stereocenters. The molecule has 0 radical (unpaired) electrons. The second-order valence-corrected chi connectivity index (χ2v) is 4.98. The van der Waals surface area contributed by atoms with Gasteiger partial charge in [0.2, 0.25) is 5.91 Å². The van der Waals surface area contributed by atoms with Crippen LogP contribution in [0, 0.1) is 0 Å². The van der Waals surface area contributed by atoms with Crippen molar-refractivity contribution >= 4 is 5.91 Å². The first-order valence-corrected chi connectivity index (χ1v) is 7.33. The van der Waals surface area contributed by atoms with Crippen LogP contribution < -0.4 is 16.6 Å². The molecule has 23 heavy (non-hydrogen) atoms. The number of H-pyrrole nitrogens is 1. The van der Waals surface area contributed by atoms with E-state index < -0.39 is 11.2 Å². The summed E-state index contributed by atoms with van der Waals surface area (Å²) in [4.78, 5) is 36.1. The number of ether oxygens (including phenoxy) is 1. The molecule has 0 aliphatic rings. The molecule has 0 saturated heterocycles. The monoisotopic (exact) mass is 317 g/mol. The maximum atomic E-state index is 11.7. The zero-order valence-electron chi connectivity index (χ0n) is 12.7. The Kier molecular flexibility index (Phi) is 6.31. The average Bonchev–Trinajstić information content (AvgIpc) is 2.54. The van der Waals surface area contributed by atoms with E-state index in [2.05, 4.69) is 10.3 Å². The molecule has 1 amide bonds. The molecule has 2 rings (SSSR count). The van der Waals surface area contributed by atoms with Crippen molar-refractivity contribution in [3.8, 4) is 0 Å². The van der Waals surface area contributed by atoms with Crippen molar-refractivity contribution in [3.05, 3.63) is 69.0 Å². The Bertz CT molecular complexity index is 737. The molecule has 2 aromatic rings. The normalized spacial score (nSPS) is 10.4. The van der Waals surface area contributed by atoms with Crippen molar-refractivity contribution in [3.63, 3.8) is 0 Å². The van der Waals surface area contributed by atoms with Crippen LogP contribution >= 0.6 is 0 Å². The number of nitrogens with one attached hydrogen (secondary N) is 2. The fraction of sp³-hybridized carbons (Fsp3) is 0.312. The predicted molar refractivity (Wildman–Crippen MR) is 85.0 cm³/mol. The van der Waals surface area contributed by atoms with Crippen molar-refractivity contribution in [1.29, 1.82) is 0 Å². The lowest BCUT2D eigenvalue weighted by Gasteiger charge is -2.07. The van der Waals surface area contributed by atoms with Crippen molar-refractivity contribution < 1.29 is 9.53 Å². The standard InChI is InChI=1S/C16H19N3O4/c20-14-7-9-19(16(22)18-14)11-15(21)17-8-4-10-23-12-13-5-2-1-3-6-13/h1-3,5-7,9H,4,8,10-12H2,(H,17,21)(H,18,20,22). The van der Waals surface area contributed by atoms with Crippen molar-refractivity contribution in [2.75, 3.05) is 13.2 Å². The molecular weight excluding hydrogens is 298 g/mol. The van der Waals surface area contributed by atoms with Crippen LogP contribution in [0.4, 0.5) is 0 Å². The Hall–Kier alpha value is -2.67. The fourth-order valence-corrected chi connectivity index (χ4v) is 1.95. The third-order valence-electron chi connectivity index (χ3n) is 3.11. The van der Waals surface area contributed by atoms with Gasteiger partial charge in [-0.1, -0.05) is 30.3 Å². The first kappa shape index (κ1) is 16.7. The topological polar surface area (TPSA) is 93.2 Å². The molecule has 122 valence electrons. The van der Waals surface area contributed by atoms with Gasteiger partial charge in [-0.3, -0.25) is 19.1 Å². The van der Waals surface area contributed by atoms with Crippen LogP contribution in [0.5, 0.6) is 0 Å². The minimum absolute atomic E-state index is 0.125. The highest BCUT2D eigenvalue weighted by Crippen LogP contribution is 2.00. The zero-order chi connectivity index (χ0) is 16.5. The molecule has 1 aromatic carbocycles. The Morgan fingerprint density at radius 1 is 1.17 bits per heavy atom. The summed E-state index contributed by atoms with van der Waals surface area (Å²) in [6.45, 7) is 1.42. The Morgan fingerprint density at radius 2 is 1.96 bits per heavy atom. The smallest absolute Gasteiger partial charge is 0.328 e. The number of amides is 1. The minimum Gasteiger partial charge on any atom is -0.377 e. The van der Waals surface area contributed by atoms with Crippen LogP contribution in [-0.2, 0) is 22.7 Å². The molecular formula is C16H19N3O4. The first-order chi connectivity index (χ1) is 11.1. The third-order valence-corrected chi connectivity index (χ3v) is 3.11. The van der Waals surface area contributed by atoms with Gasteiger partial charge in [0.15, 0.2) is 0 Å². The van der Waals surface area contributed by atoms with Gasteiger partial charge in [0.05, 0.1) is 6.61 Å². The summed E-state index contributed by atoms with van der Waals surface area (Å²) in [6.07, 6.45) is 1.98.